The first-order valence-corrected chi connectivity index (χ1v) is 3.29. The van der Waals surface area contributed by atoms with E-state index in [1.165, 1.54) is 0 Å². The minimum absolute atomic E-state index is 0. The number of rotatable bonds is 0. The van der Waals surface area contributed by atoms with Gasteiger partial charge in [-0.1, -0.05) is 9.13 Å². The third-order valence-electron chi connectivity index (χ3n) is 0. The van der Waals surface area contributed by atoms with Crippen molar-refractivity contribution in [3.8, 4) is 0 Å². The third-order valence-corrected chi connectivity index (χ3v) is 0. The van der Waals surface area contributed by atoms with Crippen LogP contribution in [0.2, 0.25) is 0 Å². The molecule has 0 amide bonds. The number of hydrogen-bond donors (Lipinski definition) is 0. The van der Waals surface area contributed by atoms with Gasteiger partial charge in [-0.3, -0.25) is 0 Å². The Morgan fingerprint density at radius 2 is 0.778 bits per heavy atom. The van der Waals surface area contributed by atoms with E-state index >= 15 is 0 Å². The molecule has 0 heterocycles. The molecular formula is MoO6P2+2. The Kier molecular flexibility index (Phi) is 20.9. The molecule has 0 N–H and O–H groups in total. The first-order chi connectivity index (χ1) is 3.46. The maximum absolute atomic E-state index is 8.48. The molecule has 0 saturated carbocycles. The summed E-state index contributed by atoms with van der Waals surface area (Å²) in [4.78, 5) is 33.9. The Bertz CT molecular complexity index is 69.1. The summed E-state index contributed by atoms with van der Waals surface area (Å²) in [6.45, 7) is 0. The van der Waals surface area contributed by atoms with E-state index in [0.29, 0.717) is 0 Å². The molecule has 9 heavy (non-hydrogen) atoms. The second-order valence-corrected chi connectivity index (χ2v) is 1.34. The van der Waals surface area contributed by atoms with Crippen LogP contribution in [0.1, 0.15) is 0 Å². The van der Waals surface area contributed by atoms with E-state index in [0.717, 1.165) is 0 Å². The molecule has 0 bridgehead atoms. The SMILES string of the molecule is O=[P+]([O-])[O-].O=[P+]([O-])[O-].[Mo+4]. The van der Waals surface area contributed by atoms with Crippen LogP contribution in [0.4, 0.5) is 0 Å². The van der Waals surface area contributed by atoms with Gasteiger partial charge in [0.2, 0.25) is 0 Å². The third kappa shape index (κ3) is 745. The van der Waals surface area contributed by atoms with Crippen LogP contribution in [-0.4, -0.2) is 0 Å². The van der Waals surface area contributed by atoms with E-state index < -0.39 is 16.5 Å². The van der Waals surface area contributed by atoms with Gasteiger partial charge in [0.1, 0.15) is 0 Å². The quantitative estimate of drug-likeness (QED) is 0.329. The van der Waals surface area contributed by atoms with Crippen molar-refractivity contribution in [2.45, 2.75) is 0 Å². The first kappa shape index (κ1) is 16.4. The average molecular weight is 254 g/mol. The van der Waals surface area contributed by atoms with E-state index in [-0.39, 0.29) is 21.1 Å². The van der Waals surface area contributed by atoms with E-state index in [1.807, 2.05) is 0 Å². The molecule has 0 aromatic rings. The average Bonchev–Trinajstić information content (AvgIpc) is 1.25. The molecule has 0 aliphatic heterocycles. The van der Waals surface area contributed by atoms with Crippen molar-refractivity contribution in [1.29, 1.82) is 0 Å². The molecule has 0 spiro atoms. The van der Waals surface area contributed by atoms with Crippen LogP contribution in [0.15, 0.2) is 0 Å². The zero-order chi connectivity index (χ0) is 7.15. The minimum Gasteiger partial charge on any atom is -0.598 e. The Balaban J connectivity index is -0.0000000720. The normalized spacial score (nSPS) is 5.78. The molecular weight excluding hydrogens is 254 g/mol. The molecule has 0 aliphatic carbocycles. The maximum Gasteiger partial charge on any atom is 4.00 e. The molecule has 0 atom stereocenters. The summed E-state index contributed by atoms with van der Waals surface area (Å²) in [5.74, 6) is 0. The van der Waals surface area contributed by atoms with Crippen molar-refractivity contribution < 1.29 is 49.8 Å². The van der Waals surface area contributed by atoms with Crippen LogP contribution in [0, 0.1) is 0 Å². The molecule has 0 saturated heterocycles. The van der Waals surface area contributed by atoms with Crippen LogP contribution in [-0.2, 0) is 30.2 Å². The monoisotopic (exact) mass is 256 g/mol. The predicted octanol–water partition coefficient (Wildman–Crippen LogP) is -3.27. The fourth-order valence-electron chi connectivity index (χ4n) is 0. The van der Waals surface area contributed by atoms with Crippen molar-refractivity contribution >= 4 is 16.5 Å². The zero-order valence-electron chi connectivity index (χ0n) is 3.75. The van der Waals surface area contributed by atoms with Crippen LogP contribution in [0.3, 0.4) is 0 Å². The fourth-order valence-corrected chi connectivity index (χ4v) is 0. The van der Waals surface area contributed by atoms with Crippen LogP contribution < -0.4 is 19.6 Å². The standard InChI is InChI=1S/Mo.2HO3P/c;2*1-4(2)3/h;2*(H,1,2,3)/q+4;;/p-2. The van der Waals surface area contributed by atoms with Crippen LogP contribution in [0.5, 0.6) is 0 Å². The van der Waals surface area contributed by atoms with Gasteiger partial charge < -0.3 is 19.6 Å². The molecule has 6 nitrogen and oxygen atoms in total. The fraction of sp³-hybridized carbons (Fsp3) is 0. The summed E-state index contributed by atoms with van der Waals surface area (Å²) in [5, 5.41) is 0. The van der Waals surface area contributed by atoms with Crippen molar-refractivity contribution in [2.24, 2.45) is 0 Å². The Labute approximate surface area is 66.7 Å². The summed E-state index contributed by atoms with van der Waals surface area (Å²) >= 11 is 0. The second-order valence-electron chi connectivity index (χ2n) is 0.447. The second kappa shape index (κ2) is 11.5. The van der Waals surface area contributed by atoms with Crippen molar-refractivity contribution in [3.05, 3.63) is 0 Å². The summed E-state index contributed by atoms with van der Waals surface area (Å²) in [6.07, 6.45) is 0. The molecule has 0 rings (SSSR count). The largest absolute Gasteiger partial charge is 4.00 e. The van der Waals surface area contributed by atoms with Gasteiger partial charge in [-0.05, 0) is 0 Å². The Hall–Kier alpha value is 0.728. The topological polar surface area (TPSA) is 126 Å². The van der Waals surface area contributed by atoms with Crippen molar-refractivity contribution in [1.82, 2.24) is 0 Å². The van der Waals surface area contributed by atoms with Crippen molar-refractivity contribution in [3.63, 3.8) is 0 Å². The summed E-state index contributed by atoms with van der Waals surface area (Å²) < 4.78 is 17.0. The van der Waals surface area contributed by atoms with E-state index in [1.54, 1.807) is 0 Å². The summed E-state index contributed by atoms with van der Waals surface area (Å²) in [6, 6.07) is 0. The Morgan fingerprint density at radius 1 is 0.778 bits per heavy atom. The molecule has 0 unspecified atom stereocenters. The van der Waals surface area contributed by atoms with Gasteiger partial charge in [0.05, 0.1) is 0 Å². The van der Waals surface area contributed by atoms with Gasteiger partial charge in [0, 0.05) is 0 Å². The molecule has 0 aromatic carbocycles. The van der Waals surface area contributed by atoms with Gasteiger partial charge in [0.15, 0.2) is 0 Å². The Morgan fingerprint density at radius 3 is 0.778 bits per heavy atom. The van der Waals surface area contributed by atoms with Gasteiger partial charge in [0.25, 0.3) is 16.5 Å². The molecule has 50 valence electrons. The van der Waals surface area contributed by atoms with E-state index in [4.69, 9.17) is 28.7 Å². The van der Waals surface area contributed by atoms with Gasteiger partial charge in [-0.2, -0.15) is 0 Å². The first-order valence-electron chi connectivity index (χ1n) is 1.10. The molecule has 0 aromatic heterocycles. The van der Waals surface area contributed by atoms with Crippen LogP contribution in [0.25, 0.3) is 0 Å². The number of hydrogen-bond acceptors (Lipinski definition) is 6. The maximum atomic E-state index is 8.48. The summed E-state index contributed by atoms with van der Waals surface area (Å²) in [7, 11) is -6.74. The molecule has 9 heteroatoms. The van der Waals surface area contributed by atoms with Gasteiger partial charge in [-0.25, -0.2) is 0 Å². The zero-order valence-corrected chi connectivity index (χ0v) is 7.55. The van der Waals surface area contributed by atoms with Crippen molar-refractivity contribution in [2.75, 3.05) is 0 Å². The van der Waals surface area contributed by atoms with Crippen LogP contribution >= 0.6 is 16.5 Å². The smallest absolute Gasteiger partial charge is 0.598 e. The molecule has 0 aliphatic rings. The van der Waals surface area contributed by atoms with E-state index in [9.17, 15) is 0 Å². The molecule has 0 radical (unpaired) electrons. The summed E-state index contributed by atoms with van der Waals surface area (Å²) in [5.41, 5.74) is 0. The predicted molar refractivity (Wildman–Crippen MR) is 15.2 cm³/mol. The minimum atomic E-state index is -3.37. The molecule has 0 fully saturated rings. The van der Waals surface area contributed by atoms with Gasteiger partial charge in [-0.15, -0.1) is 0 Å². The van der Waals surface area contributed by atoms with E-state index in [2.05, 4.69) is 0 Å². The van der Waals surface area contributed by atoms with Gasteiger partial charge >= 0.3 is 21.1 Å².